The van der Waals surface area contributed by atoms with Crippen molar-refractivity contribution in [2.45, 2.75) is 25.7 Å². The molecule has 0 radical (unpaired) electrons. The second kappa shape index (κ2) is 8.88. The van der Waals surface area contributed by atoms with E-state index in [1.54, 1.807) is 7.11 Å². The van der Waals surface area contributed by atoms with Crippen molar-refractivity contribution in [2.24, 2.45) is 5.92 Å². The number of rotatable bonds is 5. The molecule has 1 saturated heterocycles. The molecule has 0 bridgehead atoms. The summed E-state index contributed by atoms with van der Waals surface area (Å²) in [5.41, 5.74) is 4.63. The number of carbonyl (C=O) groups excluding carboxylic acids is 1. The lowest BCUT2D eigenvalue weighted by Crippen LogP contribution is -2.46. The second-order valence-electron chi connectivity index (χ2n) is 7.85. The van der Waals surface area contributed by atoms with Crippen molar-refractivity contribution in [1.82, 2.24) is 20.0 Å². The number of aromatic amines is 1. The Balaban J connectivity index is 1.41. The number of piperidine rings is 1. The average molecular weight is 383 g/mol. The van der Waals surface area contributed by atoms with Gasteiger partial charge in [0.25, 0.3) is 0 Å². The van der Waals surface area contributed by atoms with E-state index in [0.717, 1.165) is 76.3 Å². The Hall–Kier alpha value is -2.18. The van der Waals surface area contributed by atoms with E-state index in [1.165, 1.54) is 11.3 Å². The molecule has 6 heteroatoms. The molecule has 0 spiro atoms. The predicted octanol–water partition coefficient (Wildman–Crippen LogP) is 2.36. The summed E-state index contributed by atoms with van der Waals surface area (Å²) in [5.74, 6) is 0.440. The summed E-state index contributed by atoms with van der Waals surface area (Å²) in [5, 5.41) is 7.78. The van der Waals surface area contributed by atoms with Crippen LogP contribution in [-0.4, -0.2) is 72.3 Å². The van der Waals surface area contributed by atoms with Crippen molar-refractivity contribution >= 4 is 5.91 Å². The zero-order valence-corrected chi connectivity index (χ0v) is 16.7. The van der Waals surface area contributed by atoms with E-state index >= 15 is 0 Å². The van der Waals surface area contributed by atoms with Crippen LogP contribution in [0.15, 0.2) is 30.3 Å². The SMILES string of the molecule is COCCN1CCCC(C(=O)N2CCc3[nH]nc(-c4ccccc4)c3CC2)C1. The van der Waals surface area contributed by atoms with E-state index in [9.17, 15) is 4.79 Å². The first-order chi connectivity index (χ1) is 13.8. The predicted molar refractivity (Wildman–Crippen MR) is 109 cm³/mol. The molecule has 28 heavy (non-hydrogen) atoms. The number of H-pyrrole nitrogens is 1. The first-order valence-electron chi connectivity index (χ1n) is 10.4. The Morgan fingerprint density at radius 3 is 2.86 bits per heavy atom. The number of carbonyl (C=O) groups is 1. The van der Waals surface area contributed by atoms with Crippen molar-refractivity contribution in [3.05, 3.63) is 41.6 Å². The Morgan fingerprint density at radius 1 is 1.21 bits per heavy atom. The third-order valence-corrected chi connectivity index (χ3v) is 6.04. The van der Waals surface area contributed by atoms with Gasteiger partial charge in [0.1, 0.15) is 0 Å². The second-order valence-corrected chi connectivity index (χ2v) is 7.85. The van der Waals surface area contributed by atoms with Crippen LogP contribution in [0.2, 0.25) is 0 Å². The lowest BCUT2D eigenvalue weighted by molar-refractivity contribution is -0.137. The first kappa shape index (κ1) is 19.2. The number of nitrogens with one attached hydrogen (secondary N) is 1. The van der Waals surface area contributed by atoms with Crippen molar-refractivity contribution in [2.75, 3.05) is 46.4 Å². The molecule has 3 heterocycles. The Kier molecular flexibility index (Phi) is 6.07. The number of aromatic nitrogens is 2. The number of nitrogens with zero attached hydrogens (tertiary/aromatic N) is 3. The summed E-state index contributed by atoms with van der Waals surface area (Å²) in [6.45, 7) is 5.13. The molecule has 1 atom stereocenters. The fraction of sp³-hybridized carbons (Fsp3) is 0.545. The van der Waals surface area contributed by atoms with Crippen LogP contribution in [-0.2, 0) is 22.4 Å². The largest absolute Gasteiger partial charge is 0.383 e. The van der Waals surface area contributed by atoms with Gasteiger partial charge in [0.15, 0.2) is 0 Å². The third kappa shape index (κ3) is 4.13. The molecule has 1 unspecified atom stereocenters. The fourth-order valence-corrected chi connectivity index (χ4v) is 4.48. The summed E-state index contributed by atoms with van der Waals surface area (Å²) < 4.78 is 5.20. The van der Waals surface area contributed by atoms with Crippen LogP contribution in [0.5, 0.6) is 0 Å². The van der Waals surface area contributed by atoms with Gasteiger partial charge in [-0.15, -0.1) is 0 Å². The van der Waals surface area contributed by atoms with Gasteiger partial charge in [-0.25, -0.2) is 0 Å². The van der Waals surface area contributed by atoms with E-state index in [-0.39, 0.29) is 5.92 Å². The summed E-state index contributed by atoms with van der Waals surface area (Å²) in [4.78, 5) is 17.6. The average Bonchev–Trinajstić information content (AvgIpc) is 3.04. The molecular weight excluding hydrogens is 352 g/mol. The van der Waals surface area contributed by atoms with Crippen LogP contribution in [0.3, 0.4) is 0 Å². The quantitative estimate of drug-likeness (QED) is 0.862. The Labute approximate surface area is 166 Å². The van der Waals surface area contributed by atoms with Crippen LogP contribution in [0.4, 0.5) is 0 Å². The van der Waals surface area contributed by atoms with Crippen molar-refractivity contribution in [1.29, 1.82) is 0 Å². The summed E-state index contributed by atoms with van der Waals surface area (Å²) in [7, 11) is 1.73. The molecule has 0 aliphatic carbocycles. The zero-order chi connectivity index (χ0) is 19.3. The van der Waals surface area contributed by atoms with E-state index < -0.39 is 0 Å². The molecule has 1 N–H and O–H groups in total. The third-order valence-electron chi connectivity index (χ3n) is 6.04. The highest BCUT2D eigenvalue weighted by atomic mass is 16.5. The van der Waals surface area contributed by atoms with Crippen LogP contribution in [0.1, 0.15) is 24.1 Å². The number of methoxy groups -OCH3 is 1. The highest BCUT2D eigenvalue weighted by Gasteiger charge is 2.30. The minimum Gasteiger partial charge on any atom is -0.383 e. The number of likely N-dealkylation sites (tertiary alicyclic amines) is 1. The minimum absolute atomic E-state index is 0.119. The van der Waals surface area contributed by atoms with Crippen LogP contribution < -0.4 is 0 Å². The molecule has 150 valence electrons. The number of benzene rings is 1. The molecule has 0 saturated carbocycles. The van der Waals surface area contributed by atoms with Gasteiger partial charge in [-0.3, -0.25) is 9.89 Å². The number of hydrogen-bond donors (Lipinski definition) is 1. The maximum Gasteiger partial charge on any atom is 0.226 e. The van der Waals surface area contributed by atoms with Gasteiger partial charge in [-0.05, 0) is 25.8 Å². The number of hydrogen-bond acceptors (Lipinski definition) is 4. The zero-order valence-electron chi connectivity index (χ0n) is 16.7. The molecule has 4 rings (SSSR count). The fourth-order valence-electron chi connectivity index (χ4n) is 4.48. The minimum atomic E-state index is 0.119. The van der Waals surface area contributed by atoms with Crippen molar-refractivity contribution in [3.63, 3.8) is 0 Å². The number of amides is 1. The maximum atomic E-state index is 13.2. The number of ether oxygens (including phenoxy) is 1. The van der Waals surface area contributed by atoms with Gasteiger partial charge in [0.05, 0.1) is 18.2 Å². The molecule has 1 aromatic carbocycles. The van der Waals surface area contributed by atoms with Gasteiger partial charge in [-0.2, -0.15) is 5.10 Å². The molecule has 1 fully saturated rings. The van der Waals surface area contributed by atoms with E-state index in [1.807, 2.05) is 18.2 Å². The molecule has 1 amide bonds. The Morgan fingerprint density at radius 2 is 2.04 bits per heavy atom. The van der Waals surface area contributed by atoms with E-state index in [0.29, 0.717) is 5.91 Å². The molecule has 6 nitrogen and oxygen atoms in total. The Bertz CT molecular complexity index is 789. The van der Waals surface area contributed by atoms with Gasteiger partial charge in [-0.1, -0.05) is 30.3 Å². The van der Waals surface area contributed by atoms with Crippen LogP contribution in [0, 0.1) is 5.92 Å². The van der Waals surface area contributed by atoms with E-state index in [2.05, 4.69) is 32.1 Å². The summed E-state index contributed by atoms with van der Waals surface area (Å²) in [6.07, 6.45) is 3.80. The highest BCUT2D eigenvalue weighted by molar-refractivity contribution is 5.79. The van der Waals surface area contributed by atoms with Gasteiger partial charge >= 0.3 is 0 Å². The first-order valence-corrected chi connectivity index (χ1v) is 10.4. The standard InChI is InChI=1S/C22H30N4O2/c1-28-15-14-25-11-5-8-18(16-25)22(27)26-12-9-19-20(10-13-26)23-24-21(19)17-6-3-2-4-7-17/h2-4,6-7,18H,5,8-16H2,1H3,(H,23,24). The topological polar surface area (TPSA) is 61.5 Å². The molecule has 1 aromatic heterocycles. The van der Waals surface area contributed by atoms with Crippen molar-refractivity contribution < 1.29 is 9.53 Å². The smallest absolute Gasteiger partial charge is 0.226 e. The normalized spacial score (nSPS) is 20.6. The molecule has 2 aliphatic rings. The number of fused-ring (bicyclic) bond motifs is 1. The monoisotopic (exact) mass is 382 g/mol. The molecule has 2 aromatic rings. The molecular formula is C22H30N4O2. The van der Waals surface area contributed by atoms with Crippen LogP contribution >= 0.6 is 0 Å². The lowest BCUT2D eigenvalue weighted by atomic mass is 9.96. The summed E-state index contributed by atoms with van der Waals surface area (Å²) in [6, 6.07) is 10.3. The van der Waals surface area contributed by atoms with Gasteiger partial charge < -0.3 is 14.5 Å². The van der Waals surface area contributed by atoms with Gasteiger partial charge in [0.2, 0.25) is 5.91 Å². The van der Waals surface area contributed by atoms with E-state index in [4.69, 9.17) is 4.74 Å². The highest BCUT2D eigenvalue weighted by Crippen LogP contribution is 2.27. The van der Waals surface area contributed by atoms with Crippen LogP contribution in [0.25, 0.3) is 11.3 Å². The maximum absolute atomic E-state index is 13.2. The summed E-state index contributed by atoms with van der Waals surface area (Å²) >= 11 is 0. The molecule has 2 aliphatic heterocycles. The lowest BCUT2D eigenvalue weighted by Gasteiger charge is -2.34. The van der Waals surface area contributed by atoms with Gasteiger partial charge in [0, 0.05) is 56.5 Å². The van der Waals surface area contributed by atoms with Crippen molar-refractivity contribution in [3.8, 4) is 11.3 Å².